The van der Waals surface area contributed by atoms with E-state index in [2.05, 4.69) is 97.1 Å². The average Bonchev–Trinajstić information content (AvgIpc) is 3.68. The topological polar surface area (TPSA) is 51.8 Å². The van der Waals surface area contributed by atoms with Gasteiger partial charge >= 0.3 is 0 Å². The highest BCUT2D eigenvalue weighted by atomic mass is 16.3. The van der Waals surface area contributed by atoms with Crippen LogP contribution in [0.4, 0.5) is 0 Å². The Bertz CT molecular complexity index is 3210. The minimum Gasteiger partial charge on any atom is -0.456 e. The van der Waals surface area contributed by atoms with Crippen LogP contribution in [0.3, 0.4) is 0 Å². The van der Waals surface area contributed by atoms with Crippen LogP contribution in [0.25, 0.3) is 101 Å². The van der Waals surface area contributed by atoms with Crippen molar-refractivity contribution in [2.45, 2.75) is 0 Å². The Kier molecular flexibility index (Phi) is 9.45. The fourth-order valence-electron chi connectivity index (χ4n) is 7.76. The van der Waals surface area contributed by atoms with Crippen molar-refractivity contribution < 1.29 is 4.42 Å². The number of rotatable bonds is 7. The molecule has 0 amide bonds. The summed E-state index contributed by atoms with van der Waals surface area (Å²) in [6.45, 7) is 0. The Balaban J connectivity index is 0.994. The molecule has 0 saturated carbocycles. The van der Waals surface area contributed by atoms with Crippen LogP contribution in [0.15, 0.2) is 174 Å². The van der Waals surface area contributed by atoms with E-state index in [1.165, 1.54) is 16.7 Å². The van der Waals surface area contributed by atoms with Crippen molar-refractivity contribution in [3.8, 4) is 78.7 Å². The fraction of sp³-hybridized carbons (Fsp3) is 0. The zero-order valence-corrected chi connectivity index (χ0v) is 32.3. The number of hydrogen-bond acceptors (Lipinski definition) is 4. The summed E-state index contributed by atoms with van der Waals surface area (Å²) in [7, 11) is 31.4. The van der Waals surface area contributed by atoms with Crippen molar-refractivity contribution in [1.29, 1.82) is 0 Å². The smallest absolute Gasteiger partial charge is 0.164 e. The van der Waals surface area contributed by atoms with Gasteiger partial charge in [0.2, 0.25) is 0 Å². The van der Waals surface area contributed by atoms with Gasteiger partial charge in [0.25, 0.3) is 0 Å². The molecular weight excluding hydrogens is 725 g/mol. The highest BCUT2D eigenvalue weighted by molar-refractivity contribution is 6.68. The molecule has 60 heavy (non-hydrogen) atoms. The van der Waals surface area contributed by atoms with Gasteiger partial charge in [0.15, 0.2) is 17.5 Å². The van der Waals surface area contributed by atoms with Gasteiger partial charge in [-0.25, -0.2) is 15.0 Å². The molecule has 10 rings (SSSR count). The van der Waals surface area contributed by atoms with Crippen LogP contribution in [0.1, 0.15) is 0 Å². The summed E-state index contributed by atoms with van der Waals surface area (Å²) in [5, 5.41) is 1.95. The van der Waals surface area contributed by atoms with E-state index in [4.69, 9.17) is 58.6 Å². The van der Waals surface area contributed by atoms with E-state index in [9.17, 15) is 0 Å². The molecule has 4 nitrogen and oxygen atoms in total. The summed E-state index contributed by atoms with van der Waals surface area (Å²) in [6.07, 6.45) is 0. The Labute approximate surface area is 354 Å². The second kappa shape index (κ2) is 15.2. The molecule has 0 atom stereocenters. The van der Waals surface area contributed by atoms with E-state index in [-0.39, 0.29) is 27.3 Å². The minimum absolute atomic E-state index is 0.161. The van der Waals surface area contributed by atoms with Gasteiger partial charge in [-0.1, -0.05) is 144 Å². The quantitative estimate of drug-likeness (QED) is 0.159. The summed E-state index contributed by atoms with van der Waals surface area (Å²) < 4.78 is 6.43. The van der Waals surface area contributed by atoms with Crippen LogP contribution in [-0.4, -0.2) is 54.2 Å². The molecule has 2 heterocycles. The lowest BCUT2D eigenvalue weighted by molar-refractivity contribution is 0.669. The molecule has 0 fully saturated rings. The lowest BCUT2D eigenvalue weighted by atomic mass is 9.59. The van der Waals surface area contributed by atoms with Crippen molar-refractivity contribution in [1.82, 2.24) is 15.0 Å². The van der Waals surface area contributed by atoms with Crippen molar-refractivity contribution in [3.63, 3.8) is 0 Å². The Hall–Kier alpha value is -7.11. The van der Waals surface area contributed by atoms with Crippen LogP contribution in [0, 0.1) is 0 Å². The molecule has 0 bridgehead atoms. The molecule has 0 spiro atoms. The second-order valence-electron chi connectivity index (χ2n) is 14.7. The van der Waals surface area contributed by atoms with Gasteiger partial charge in [-0.05, 0) is 80.9 Å². The van der Waals surface area contributed by atoms with Crippen LogP contribution >= 0.6 is 0 Å². The highest BCUT2D eigenvalue weighted by Crippen LogP contribution is 2.36. The summed E-state index contributed by atoms with van der Waals surface area (Å²) >= 11 is 0. The SMILES string of the molecule is [B]c1c([B])c([B])c(-c2cccc(-c3nc(-c4ccccc4)nc(-c4ccc5oc6cc(-c7ccc(-c8ccc(-c9ccccc9)cc8)cc7)ccc6c5c4)n3)c2)c([B])c1[B]. The molecule has 0 unspecified atom stereocenters. The number of furan rings is 1. The van der Waals surface area contributed by atoms with E-state index in [0.29, 0.717) is 28.6 Å². The molecule has 0 aliphatic carbocycles. The van der Waals surface area contributed by atoms with E-state index in [0.717, 1.165) is 55.3 Å². The number of benzene rings is 8. The molecule has 10 aromatic rings. The molecular formula is C51H28B5N3O. The monoisotopic (exact) mass is 753 g/mol. The van der Waals surface area contributed by atoms with E-state index in [1.54, 1.807) is 0 Å². The van der Waals surface area contributed by atoms with Gasteiger partial charge in [0.1, 0.15) is 50.4 Å². The Morgan fingerprint density at radius 3 is 1.28 bits per heavy atom. The van der Waals surface area contributed by atoms with Crippen LogP contribution in [-0.2, 0) is 0 Å². The zero-order chi connectivity index (χ0) is 40.9. The van der Waals surface area contributed by atoms with Crippen molar-refractivity contribution in [2.24, 2.45) is 0 Å². The number of aromatic nitrogens is 3. The van der Waals surface area contributed by atoms with E-state index >= 15 is 0 Å². The summed E-state index contributed by atoms with van der Waals surface area (Å²) in [6, 6.07) is 57.5. The highest BCUT2D eigenvalue weighted by Gasteiger charge is 2.17. The largest absolute Gasteiger partial charge is 0.456 e. The zero-order valence-electron chi connectivity index (χ0n) is 32.3. The molecule has 0 N–H and O–H groups in total. The number of nitrogens with zero attached hydrogens (tertiary/aromatic N) is 3. The second-order valence-corrected chi connectivity index (χ2v) is 14.7. The lowest BCUT2D eigenvalue weighted by Crippen LogP contribution is -2.55. The third-order valence-corrected chi connectivity index (χ3v) is 11.0. The Morgan fingerprint density at radius 2 is 0.700 bits per heavy atom. The maximum absolute atomic E-state index is 6.44. The molecule has 9 heteroatoms. The first kappa shape index (κ1) is 37.2. The first-order valence-corrected chi connectivity index (χ1v) is 19.5. The maximum Gasteiger partial charge on any atom is 0.164 e. The van der Waals surface area contributed by atoms with Crippen LogP contribution in [0.5, 0.6) is 0 Å². The van der Waals surface area contributed by atoms with Crippen molar-refractivity contribution >= 4 is 88.5 Å². The van der Waals surface area contributed by atoms with Gasteiger partial charge in [-0.15, -0.1) is 16.4 Å². The van der Waals surface area contributed by atoms with Crippen molar-refractivity contribution in [2.75, 3.05) is 0 Å². The standard InChI is InChI=1S/C51H28B5N3O/c52-44-43(45(53)47(55)48(56)46(44)54)36-12-7-13-37(26-36)50-57-49(34-10-5-2-6-11-34)58-51(59-50)38-23-25-41-40(27-38)39-24-22-35(28-42(39)60-41)33-20-18-32(19-21-33)31-16-14-30(15-17-31)29-8-3-1-4-9-29/h1-28H. The summed E-state index contributed by atoms with van der Waals surface area (Å²) in [5.74, 6) is 1.50. The Morgan fingerprint density at radius 1 is 0.283 bits per heavy atom. The summed E-state index contributed by atoms with van der Waals surface area (Å²) in [5.41, 5.74) is 13.1. The normalized spacial score (nSPS) is 11.3. The predicted octanol–water partition coefficient (Wildman–Crippen LogP) is 7.41. The average molecular weight is 753 g/mol. The maximum atomic E-state index is 6.44. The third kappa shape index (κ3) is 6.76. The molecule has 0 aliphatic heterocycles. The first-order chi connectivity index (χ1) is 29.3. The van der Waals surface area contributed by atoms with E-state index in [1.807, 2.05) is 72.8 Å². The third-order valence-electron chi connectivity index (χ3n) is 11.0. The van der Waals surface area contributed by atoms with Gasteiger partial charge in [-0.3, -0.25) is 0 Å². The molecule has 8 aromatic carbocycles. The van der Waals surface area contributed by atoms with Crippen LogP contribution < -0.4 is 27.3 Å². The van der Waals surface area contributed by atoms with Gasteiger partial charge in [0.05, 0.1) is 0 Å². The molecule has 10 radical (unpaired) electrons. The van der Waals surface area contributed by atoms with Gasteiger partial charge < -0.3 is 4.42 Å². The van der Waals surface area contributed by atoms with E-state index < -0.39 is 0 Å². The van der Waals surface area contributed by atoms with Crippen LogP contribution in [0.2, 0.25) is 0 Å². The molecule has 0 aliphatic rings. The van der Waals surface area contributed by atoms with Crippen molar-refractivity contribution in [3.05, 3.63) is 170 Å². The first-order valence-electron chi connectivity index (χ1n) is 19.5. The number of hydrogen-bond donors (Lipinski definition) is 0. The lowest BCUT2D eigenvalue weighted by Gasteiger charge is -2.21. The minimum atomic E-state index is 0.161. The molecule has 268 valence electrons. The molecule has 2 aromatic heterocycles. The fourth-order valence-corrected chi connectivity index (χ4v) is 7.76. The number of fused-ring (bicyclic) bond motifs is 3. The van der Waals surface area contributed by atoms with Gasteiger partial charge in [-0.2, -0.15) is 0 Å². The van der Waals surface area contributed by atoms with Gasteiger partial charge in [0, 0.05) is 27.5 Å². The predicted molar refractivity (Wildman–Crippen MR) is 252 cm³/mol. The molecule has 0 saturated heterocycles. The summed E-state index contributed by atoms with van der Waals surface area (Å²) in [4.78, 5) is 14.9.